The summed E-state index contributed by atoms with van der Waals surface area (Å²) in [6.45, 7) is 3.98. The summed E-state index contributed by atoms with van der Waals surface area (Å²) in [5.41, 5.74) is 3.65. The fourth-order valence-electron chi connectivity index (χ4n) is 5.57. The molecule has 2 aliphatic heterocycles. The summed E-state index contributed by atoms with van der Waals surface area (Å²) in [4.78, 5) is 20.4. The van der Waals surface area contributed by atoms with Crippen LogP contribution in [0.15, 0.2) is 28.7 Å². The van der Waals surface area contributed by atoms with E-state index in [1.807, 2.05) is 24.3 Å². The summed E-state index contributed by atoms with van der Waals surface area (Å²) >= 11 is 6.76. The van der Waals surface area contributed by atoms with Gasteiger partial charge in [-0.1, -0.05) is 17.7 Å². The molecule has 2 aromatic carbocycles. The minimum absolute atomic E-state index is 0.00614. The van der Waals surface area contributed by atoms with E-state index in [1.165, 1.54) is 0 Å². The highest BCUT2D eigenvalue weighted by molar-refractivity contribution is 6.35. The highest BCUT2D eigenvalue weighted by atomic mass is 35.5. The number of nitrogens with zero attached hydrogens (tertiary/aromatic N) is 3. The van der Waals surface area contributed by atoms with E-state index in [0.717, 1.165) is 30.8 Å². The van der Waals surface area contributed by atoms with Crippen molar-refractivity contribution in [2.24, 2.45) is 5.92 Å². The maximum absolute atomic E-state index is 15.5. The second-order valence-electron chi connectivity index (χ2n) is 9.24. The van der Waals surface area contributed by atoms with Gasteiger partial charge in [-0.2, -0.15) is 0 Å². The number of rotatable bonds is 4. The minimum atomic E-state index is -0.764. The maximum Gasteiger partial charge on any atom is 0.307 e. The Kier molecular flexibility index (Phi) is 5.47. The number of anilines is 1. The minimum Gasteiger partial charge on any atom is -0.481 e. The number of halogens is 2. The van der Waals surface area contributed by atoms with Crippen molar-refractivity contribution in [1.82, 2.24) is 9.88 Å². The smallest absolute Gasteiger partial charge is 0.307 e. The Bertz CT molecular complexity index is 1270. The van der Waals surface area contributed by atoms with Crippen molar-refractivity contribution in [3.63, 3.8) is 0 Å². The van der Waals surface area contributed by atoms with E-state index in [1.54, 1.807) is 0 Å². The first-order chi connectivity index (χ1) is 16.5. The Morgan fingerprint density at radius 1 is 1.21 bits per heavy atom. The summed E-state index contributed by atoms with van der Waals surface area (Å²) in [7, 11) is 0. The van der Waals surface area contributed by atoms with Crippen molar-refractivity contribution >= 4 is 34.4 Å². The molecule has 3 aliphatic rings. The van der Waals surface area contributed by atoms with Gasteiger partial charge in [-0.05, 0) is 55.1 Å². The molecule has 2 saturated heterocycles. The average Bonchev–Trinajstić information content (AvgIpc) is 3.58. The van der Waals surface area contributed by atoms with Gasteiger partial charge in [-0.3, -0.25) is 9.69 Å². The predicted molar refractivity (Wildman–Crippen MR) is 126 cm³/mol. The lowest BCUT2D eigenvalue weighted by atomic mass is 10.1. The summed E-state index contributed by atoms with van der Waals surface area (Å²) in [5, 5.41) is 9.89. The van der Waals surface area contributed by atoms with E-state index in [0.29, 0.717) is 66.7 Å². The van der Waals surface area contributed by atoms with Crippen LogP contribution in [0.25, 0.3) is 22.6 Å². The number of hydrogen-bond acceptors (Lipinski definition) is 6. The van der Waals surface area contributed by atoms with Gasteiger partial charge in [0.05, 0.1) is 35.4 Å². The molecule has 178 valence electrons. The summed E-state index contributed by atoms with van der Waals surface area (Å²) in [6.07, 6.45) is 1.99. The predicted octanol–water partition coefficient (Wildman–Crippen LogP) is 4.52. The number of aliphatic carboxylic acids is 1. The molecule has 9 heteroatoms. The quantitative estimate of drug-likeness (QED) is 0.582. The molecule has 0 amide bonds. The van der Waals surface area contributed by atoms with Crippen molar-refractivity contribution in [1.29, 1.82) is 0 Å². The standard InChI is InChI=1S/C25H25ClFN3O4/c26-21-16(2-1-3-20(21)29-8-10-33-11-9-29)24-28-18-12-17-15(22(27)23(18)34-24)4-5-19(17)30-7-6-14(13-30)25(31)32/h1-3,12,14,19H,4-11,13H2,(H,31,32)/t14-,19-/m1/s1. The molecule has 2 atom stereocenters. The summed E-state index contributed by atoms with van der Waals surface area (Å²) in [5.74, 6) is -1.21. The molecule has 0 saturated carbocycles. The third-order valence-corrected chi connectivity index (χ3v) is 7.75. The first kappa shape index (κ1) is 21.8. The Morgan fingerprint density at radius 3 is 2.79 bits per heavy atom. The SMILES string of the molecule is O=C(O)[C@@H]1CCN([C@@H]2CCc3c2cc2nc(-c4cccc(N5CCOCC5)c4Cl)oc2c3F)C1. The average molecular weight is 486 g/mol. The Labute approximate surface area is 201 Å². The summed E-state index contributed by atoms with van der Waals surface area (Å²) in [6, 6.07) is 7.61. The Balaban J connectivity index is 1.36. The van der Waals surface area contributed by atoms with Crippen LogP contribution in [0.5, 0.6) is 0 Å². The van der Waals surface area contributed by atoms with Crippen molar-refractivity contribution in [2.45, 2.75) is 25.3 Å². The number of oxazole rings is 1. The van der Waals surface area contributed by atoms with Gasteiger partial charge in [0, 0.05) is 25.7 Å². The molecule has 0 unspecified atom stereocenters. The second kappa shape index (κ2) is 8.52. The van der Waals surface area contributed by atoms with Crippen LogP contribution in [0.1, 0.15) is 30.0 Å². The van der Waals surface area contributed by atoms with Crippen molar-refractivity contribution in [2.75, 3.05) is 44.3 Å². The molecule has 7 nitrogen and oxygen atoms in total. The highest BCUT2D eigenvalue weighted by Crippen LogP contribution is 2.43. The number of benzene rings is 2. The van der Waals surface area contributed by atoms with Crippen LogP contribution in [-0.2, 0) is 16.0 Å². The van der Waals surface area contributed by atoms with Gasteiger partial charge in [-0.25, -0.2) is 9.37 Å². The molecule has 1 N–H and O–H groups in total. The van der Waals surface area contributed by atoms with Gasteiger partial charge < -0.3 is 19.2 Å². The Morgan fingerprint density at radius 2 is 2.03 bits per heavy atom. The fraction of sp³-hybridized carbons (Fsp3) is 0.440. The van der Waals surface area contributed by atoms with Gasteiger partial charge in [0.2, 0.25) is 5.89 Å². The molecule has 34 heavy (non-hydrogen) atoms. The van der Waals surface area contributed by atoms with Crippen LogP contribution in [0.3, 0.4) is 0 Å². The maximum atomic E-state index is 15.5. The van der Waals surface area contributed by atoms with E-state index in [4.69, 9.17) is 20.8 Å². The van der Waals surface area contributed by atoms with Crippen molar-refractivity contribution in [3.8, 4) is 11.5 Å². The number of carboxylic acids is 1. The van der Waals surface area contributed by atoms with E-state index in [9.17, 15) is 9.90 Å². The zero-order valence-corrected chi connectivity index (χ0v) is 19.4. The van der Waals surface area contributed by atoms with Gasteiger partial charge in [-0.15, -0.1) is 0 Å². The lowest BCUT2D eigenvalue weighted by Crippen LogP contribution is -2.36. The number of carbonyl (C=O) groups is 1. The fourth-order valence-corrected chi connectivity index (χ4v) is 5.90. The molecular weight excluding hydrogens is 461 g/mol. The molecule has 0 radical (unpaired) electrons. The zero-order valence-electron chi connectivity index (χ0n) is 18.6. The molecule has 3 heterocycles. The van der Waals surface area contributed by atoms with Crippen LogP contribution in [0, 0.1) is 11.7 Å². The van der Waals surface area contributed by atoms with Crippen LogP contribution < -0.4 is 4.90 Å². The van der Waals surface area contributed by atoms with Crippen LogP contribution in [0.4, 0.5) is 10.1 Å². The molecule has 1 aliphatic carbocycles. The topological polar surface area (TPSA) is 79.0 Å². The normalized spacial score (nSPS) is 23.1. The van der Waals surface area contributed by atoms with E-state index >= 15 is 4.39 Å². The summed E-state index contributed by atoms with van der Waals surface area (Å²) < 4.78 is 26.9. The van der Waals surface area contributed by atoms with Crippen LogP contribution >= 0.6 is 11.6 Å². The first-order valence-corrected chi connectivity index (χ1v) is 12.1. The van der Waals surface area contributed by atoms with Gasteiger partial charge in [0.25, 0.3) is 0 Å². The molecule has 2 fully saturated rings. The second-order valence-corrected chi connectivity index (χ2v) is 9.61. The monoisotopic (exact) mass is 485 g/mol. The van der Waals surface area contributed by atoms with Crippen LogP contribution in [0.2, 0.25) is 5.02 Å². The van der Waals surface area contributed by atoms with Gasteiger partial charge >= 0.3 is 5.97 Å². The first-order valence-electron chi connectivity index (χ1n) is 11.7. The van der Waals surface area contributed by atoms with E-state index < -0.39 is 5.97 Å². The molecule has 6 rings (SSSR count). The lowest BCUT2D eigenvalue weighted by Gasteiger charge is -2.29. The lowest BCUT2D eigenvalue weighted by molar-refractivity contribution is -0.141. The number of fused-ring (bicyclic) bond motifs is 2. The van der Waals surface area contributed by atoms with Crippen molar-refractivity contribution < 1.29 is 23.4 Å². The largest absolute Gasteiger partial charge is 0.481 e. The molecule has 1 aromatic heterocycles. The number of ether oxygens (including phenoxy) is 1. The number of likely N-dealkylation sites (tertiary alicyclic amines) is 1. The van der Waals surface area contributed by atoms with E-state index in [-0.39, 0.29) is 23.4 Å². The third-order valence-electron chi connectivity index (χ3n) is 7.36. The molecule has 3 aromatic rings. The third kappa shape index (κ3) is 3.56. The molecule has 0 spiro atoms. The van der Waals surface area contributed by atoms with Gasteiger partial charge in [0.1, 0.15) is 5.52 Å². The van der Waals surface area contributed by atoms with Crippen molar-refractivity contribution in [3.05, 3.63) is 46.2 Å². The Hall–Kier alpha value is -2.68. The van der Waals surface area contributed by atoms with Crippen LogP contribution in [-0.4, -0.2) is 60.4 Å². The van der Waals surface area contributed by atoms with Gasteiger partial charge in [0.15, 0.2) is 11.4 Å². The number of hydrogen-bond donors (Lipinski definition) is 1. The molecular formula is C25H25ClFN3O4. The van der Waals surface area contributed by atoms with E-state index in [2.05, 4.69) is 14.8 Å². The number of morpholine rings is 1. The number of carboxylic acid groups (broad SMARTS) is 1. The highest BCUT2D eigenvalue weighted by Gasteiger charge is 2.37. The molecule has 0 bridgehead atoms. The number of aromatic nitrogens is 1. The zero-order chi connectivity index (χ0) is 23.4.